The van der Waals surface area contributed by atoms with E-state index in [9.17, 15) is 0 Å². The summed E-state index contributed by atoms with van der Waals surface area (Å²) in [6.45, 7) is 2.25. The summed E-state index contributed by atoms with van der Waals surface area (Å²) in [4.78, 5) is 0. The van der Waals surface area contributed by atoms with Gasteiger partial charge in [-0.1, -0.05) is 68.7 Å². The third-order valence-corrected chi connectivity index (χ3v) is 2.33. The van der Waals surface area contributed by atoms with Gasteiger partial charge in [0.25, 0.3) is 0 Å². The predicted molar refractivity (Wildman–Crippen MR) is 64.2 cm³/mol. The molecule has 0 unspecified atom stereocenters. The molecule has 0 aromatic heterocycles. The lowest BCUT2D eigenvalue weighted by Gasteiger charge is -1.94. The molecule has 1 aromatic rings. The van der Waals surface area contributed by atoms with Crippen LogP contribution in [0.5, 0.6) is 0 Å². The summed E-state index contributed by atoms with van der Waals surface area (Å²) in [7, 11) is 0. The molecule has 76 valence electrons. The van der Waals surface area contributed by atoms with Crippen LogP contribution in [0.15, 0.2) is 36.4 Å². The molecule has 0 amide bonds. The number of hydrogen-bond donors (Lipinski definition) is 0. The lowest BCUT2D eigenvalue weighted by Crippen LogP contribution is -1.74. The van der Waals surface area contributed by atoms with Crippen molar-refractivity contribution >= 4 is 6.08 Å². The van der Waals surface area contributed by atoms with Crippen LogP contribution in [0.4, 0.5) is 0 Å². The van der Waals surface area contributed by atoms with Gasteiger partial charge >= 0.3 is 0 Å². The fourth-order valence-electron chi connectivity index (χ4n) is 1.47. The molecular formula is C14H20. The standard InChI is InChI=1S/C14H20/c1-2-3-4-5-6-8-11-14-12-9-7-10-13-14/h7-13H,2-6H2,1H3/b11-8+. The van der Waals surface area contributed by atoms with Gasteiger partial charge in [-0.05, 0) is 18.4 Å². The third-order valence-electron chi connectivity index (χ3n) is 2.33. The monoisotopic (exact) mass is 188 g/mol. The molecule has 0 heterocycles. The molecule has 0 saturated heterocycles. The van der Waals surface area contributed by atoms with Crippen LogP contribution in [0.25, 0.3) is 6.08 Å². The molecule has 14 heavy (non-hydrogen) atoms. The van der Waals surface area contributed by atoms with E-state index in [1.54, 1.807) is 0 Å². The van der Waals surface area contributed by atoms with E-state index < -0.39 is 0 Å². The first-order valence-corrected chi connectivity index (χ1v) is 5.65. The van der Waals surface area contributed by atoms with E-state index in [4.69, 9.17) is 0 Å². The summed E-state index contributed by atoms with van der Waals surface area (Å²) >= 11 is 0. The number of hydrogen-bond acceptors (Lipinski definition) is 0. The van der Waals surface area contributed by atoms with Crippen LogP contribution in [0, 0.1) is 0 Å². The fourth-order valence-corrected chi connectivity index (χ4v) is 1.47. The summed E-state index contributed by atoms with van der Waals surface area (Å²) in [6, 6.07) is 10.5. The van der Waals surface area contributed by atoms with E-state index in [0.29, 0.717) is 0 Å². The summed E-state index contributed by atoms with van der Waals surface area (Å²) in [6.07, 6.45) is 11.1. The predicted octanol–water partition coefficient (Wildman–Crippen LogP) is 4.67. The minimum Gasteiger partial charge on any atom is -0.0839 e. The molecule has 1 aromatic carbocycles. The van der Waals surface area contributed by atoms with Crippen molar-refractivity contribution in [2.24, 2.45) is 0 Å². The number of benzene rings is 1. The second-order valence-corrected chi connectivity index (χ2v) is 3.66. The Morgan fingerprint density at radius 2 is 1.79 bits per heavy atom. The Balaban J connectivity index is 2.15. The highest BCUT2D eigenvalue weighted by Crippen LogP contribution is 2.06. The van der Waals surface area contributed by atoms with E-state index in [2.05, 4.69) is 49.4 Å². The van der Waals surface area contributed by atoms with Gasteiger partial charge in [0, 0.05) is 0 Å². The summed E-state index contributed by atoms with van der Waals surface area (Å²) in [5, 5.41) is 0. The highest BCUT2D eigenvalue weighted by Gasteiger charge is 1.85. The second kappa shape index (κ2) is 7.37. The maximum absolute atomic E-state index is 2.28. The molecule has 0 heteroatoms. The van der Waals surface area contributed by atoms with Crippen LogP contribution < -0.4 is 0 Å². The van der Waals surface area contributed by atoms with Gasteiger partial charge in [0.05, 0.1) is 0 Å². The average Bonchev–Trinajstić information content (AvgIpc) is 2.25. The molecule has 0 aliphatic rings. The Morgan fingerprint density at radius 3 is 2.50 bits per heavy atom. The van der Waals surface area contributed by atoms with Gasteiger partial charge in [0.2, 0.25) is 0 Å². The zero-order valence-corrected chi connectivity index (χ0v) is 9.08. The van der Waals surface area contributed by atoms with Crippen molar-refractivity contribution in [3.63, 3.8) is 0 Å². The molecule has 0 saturated carbocycles. The van der Waals surface area contributed by atoms with E-state index >= 15 is 0 Å². The zero-order chi connectivity index (χ0) is 10.1. The largest absolute Gasteiger partial charge is 0.0839 e. The lowest BCUT2D eigenvalue weighted by molar-refractivity contribution is 0.675. The second-order valence-electron chi connectivity index (χ2n) is 3.66. The molecule has 1 rings (SSSR count). The quantitative estimate of drug-likeness (QED) is 0.569. The number of unbranched alkanes of at least 4 members (excludes halogenated alkanes) is 4. The maximum atomic E-state index is 2.28. The fraction of sp³-hybridized carbons (Fsp3) is 0.429. The normalized spacial score (nSPS) is 10.9. The van der Waals surface area contributed by atoms with Crippen molar-refractivity contribution in [1.82, 2.24) is 0 Å². The molecular weight excluding hydrogens is 168 g/mol. The summed E-state index contributed by atoms with van der Waals surface area (Å²) in [5.74, 6) is 0. The minimum absolute atomic E-state index is 1.22. The summed E-state index contributed by atoms with van der Waals surface area (Å²) < 4.78 is 0. The van der Waals surface area contributed by atoms with Crippen molar-refractivity contribution in [2.75, 3.05) is 0 Å². The van der Waals surface area contributed by atoms with Crippen LogP contribution in [0.3, 0.4) is 0 Å². The van der Waals surface area contributed by atoms with Gasteiger partial charge in [0.15, 0.2) is 0 Å². The van der Waals surface area contributed by atoms with E-state index in [1.165, 1.54) is 37.7 Å². The minimum atomic E-state index is 1.22. The van der Waals surface area contributed by atoms with Crippen LogP contribution >= 0.6 is 0 Å². The van der Waals surface area contributed by atoms with Crippen molar-refractivity contribution in [2.45, 2.75) is 39.0 Å². The Bertz CT molecular complexity index is 246. The molecule has 0 N–H and O–H groups in total. The van der Waals surface area contributed by atoms with Crippen molar-refractivity contribution in [1.29, 1.82) is 0 Å². The maximum Gasteiger partial charge on any atom is -0.0260 e. The van der Waals surface area contributed by atoms with Crippen LogP contribution in [0.2, 0.25) is 0 Å². The topological polar surface area (TPSA) is 0 Å². The molecule has 0 nitrogen and oxygen atoms in total. The first kappa shape index (κ1) is 11.0. The number of allylic oxidation sites excluding steroid dienone is 1. The molecule has 0 spiro atoms. The molecule has 0 bridgehead atoms. The van der Waals surface area contributed by atoms with Crippen molar-refractivity contribution in [3.05, 3.63) is 42.0 Å². The van der Waals surface area contributed by atoms with Crippen LogP contribution in [-0.2, 0) is 0 Å². The van der Waals surface area contributed by atoms with Gasteiger partial charge in [-0.3, -0.25) is 0 Å². The van der Waals surface area contributed by atoms with Gasteiger partial charge in [-0.2, -0.15) is 0 Å². The average molecular weight is 188 g/mol. The Morgan fingerprint density at radius 1 is 1.00 bits per heavy atom. The molecule has 0 aliphatic heterocycles. The smallest absolute Gasteiger partial charge is 0.0260 e. The molecule has 0 radical (unpaired) electrons. The highest BCUT2D eigenvalue weighted by molar-refractivity contribution is 5.48. The first-order chi connectivity index (χ1) is 6.93. The van der Waals surface area contributed by atoms with Gasteiger partial charge in [-0.25, -0.2) is 0 Å². The van der Waals surface area contributed by atoms with Crippen LogP contribution in [0.1, 0.15) is 44.6 Å². The molecule has 0 fully saturated rings. The first-order valence-electron chi connectivity index (χ1n) is 5.65. The van der Waals surface area contributed by atoms with Gasteiger partial charge < -0.3 is 0 Å². The Labute approximate surface area is 87.7 Å². The van der Waals surface area contributed by atoms with Crippen molar-refractivity contribution < 1.29 is 0 Å². The van der Waals surface area contributed by atoms with Crippen LogP contribution in [-0.4, -0.2) is 0 Å². The Hall–Kier alpha value is -1.04. The number of rotatable bonds is 6. The Kier molecular flexibility index (Phi) is 5.81. The molecule has 0 atom stereocenters. The van der Waals surface area contributed by atoms with Gasteiger partial charge in [-0.15, -0.1) is 0 Å². The van der Waals surface area contributed by atoms with E-state index in [1.807, 2.05) is 0 Å². The van der Waals surface area contributed by atoms with E-state index in [0.717, 1.165) is 0 Å². The van der Waals surface area contributed by atoms with Gasteiger partial charge in [0.1, 0.15) is 0 Å². The summed E-state index contributed by atoms with van der Waals surface area (Å²) in [5.41, 5.74) is 1.31. The molecule has 0 aliphatic carbocycles. The van der Waals surface area contributed by atoms with E-state index in [-0.39, 0.29) is 0 Å². The lowest BCUT2D eigenvalue weighted by atomic mass is 10.1. The third kappa shape index (κ3) is 4.86. The SMILES string of the molecule is CCCCCC/C=C/c1ccccc1. The highest BCUT2D eigenvalue weighted by atomic mass is 13.9. The zero-order valence-electron chi connectivity index (χ0n) is 9.08. The van der Waals surface area contributed by atoms with Crippen molar-refractivity contribution in [3.8, 4) is 0 Å².